The molecule has 0 saturated carbocycles. The number of thiocarbonyl (C=S) groups is 1. The highest BCUT2D eigenvalue weighted by Crippen LogP contribution is 2.30. The van der Waals surface area contributed by atoms with E-state index in [1.165, 1.54) is 6.07 Å². The monoisotopic (exact) mass is 375 g/mol. The van der Waals surface area contributed by atoms with Crippen molar-refractivity contribution < 1.29 is 9.18 Å². The van der Waals surface area contributed by atoms with Gasteiger partial charge in [-0.05, 0) is 37.3 Å². The maximum atomic E-state index is 14.3. The van der Waals surface area contributed by atoms with Crippen LogP contribution in [0.5, 0.6) is 0 Å². The molecule has 25 heavy (non-hydrogen) atoms. The highest BCUT2D eigenvalue weighted by Gasteiger charge is 2.31. The molecule has 1 heterocycles. The van der Waals surface area contributed by atoms with Gasteiger partial charge in [-0.3, -0.25) is 4.79 Å². The third kappa shape index (κ3) is 3.65. The van der Waals surface area contributed by atoms with Gasteiger partial charge in [0.15, 0.2) is 5.11 Å². The van der Waals surface area contributed by atoms with Crippen LogP contribution in [0.2, 0.25) is 5.02 Å². The first kappa shape index (κ1) is 17.4. The van der Waals surface area contributed by atoms with E-state index >= 15 is 0 Å². The van der Waals surface area contributed by atoms with E-state index in [1.807, 2.05) is 0 Å². The summed E-state index contributed by atoms with van der Waals surface area (Å²) in [5.41, 5.74) is 1.73. The largest absolute Gasteiger partial charge is 0.351 e. The lowest BCUT2D eigenvalue weighted by Crippen LogP contribution is -2.46. The number of rotatable bonds is 3. The van der Waals surface area contributed by atoms with Crippen LogP contribution in [0.3, 0.4) is 0 Å². The Morgan fingerprint density at radius 3 is 2.60 bits per heavy atom. The molecule has 0 radical (unpaired) electrons. The van der Waals surface area contributed by atoms with Crippen LogP contribution in [0.4, 0.5) is 10.1 Å². The fourth-order valence-electron chi connectivity index (χ4n) is 2.69. The van der Waals surface area contributed by atoms with Crippen LogP contribution in [0.1, 0.15) is 18.5 Å². The fourth-order valence-corrected chi connectivity index (χ4v) is 3.14. The van der Waals surface area contributed by atoms with E-state index in [1.54, 1.807) is 49.4 Å². The lowest BCUT2D eigenvalue weighted by atomic mass is 9.94. The number of anilines is 1. The summed E-state index contributed by atoms with van der Waals surface area (Å²) >= 11 is 11.3. The number of allylic oxidation sites excluding steroid dienone is 1. The minimum absolute atomic E-state index is 0.333. The van der Waals surface area contributed by atoms with Gasteiger partial charge in [0, 0.05) is 11.3 Å². The second-order valence-electron chi connectivity index (χ2n) is 5.53. The maximum Gasteiger partial charge on any atom is 0.255 e. The minimum Gasteiger partial charge on any atom is -0.351 e. The van der Waals surface area contributed by atoms with Crippen molar-refractivity contribution in [3.05, 3.63) is 76.2 Å². The van der Waals surface area contributed by atoms with Crippen LogP contribution in [0.25, 0.3) is 0 Å². The van der Waals surface area contributed by atoms with Gasteiger partial charge >= 0.3 is 0 Å². The lowest BCUT2D eigenvalue weighted by molar-refractivity contribution is -0.113. The Bertz CT molecular complexity index is 884. The van der Waals surface area contributed by atoms with Gasteiger partial charge in [-0.1, -0.05) is 41.9 Å². The van der Waals surface area contributed by atoms with E-state index in [0.717, 1.165) is 0 Å². The number of hydrogen-bond acceptors (Lipinski definition) is 2. The Balaban J connectivity index is 1.99. The molecule has 3 rings (SSSR count). The van der Waals surface area contributed by atoms with Crippen LogP contribution in [0, 0.1) is 5.82 Å². The van der Waals surface area contributed by atoms with E-state index in [9.17, 15) is 9.18 Å². The molecule has 0 unspecified atom stereocenters. The van der Waals surface area contributed by atoms with Crippen molar-refractivity contribution in [2.45, 2.75) is 13.0 Å². The number of halogens is 2. The minimum atomic E-state index is -0.697. The number of nitrogens with one attached hydrogen (secondary N) is 3. The van der Waals surface area contributed by atoms with Crippen LogP contribution in [-0.4, -0.2) is 11.0 Å². The topological polar surface area (TPSA) is 53.2 Å². The van der Waals surface area contributed by atoms with Crippen LogP contribution < -0.4 is 16.0 Å². The molecular weight excluding hydrogens is 361 g/mol. The van der Waals surface area contributed by atoms with Crippen molar-refractivity contribution >= 4 is 40.5 Å². The third-order valence-corrected chi connectivity index (χ3v) is 4.40. The lowest BCUT2D eigenvalue weighted by Gasteiger charge is -2.30. The third-order valence-electron chi connectivity index (χ3n) is 3.85. The van der Waals surface area contributed by atoms with E-state index in [0.29, 0.717) is 32.7 Å². The molecule has 0 bridgehead atoms. The predicted octanol–water partition coefficient (Wildman–Crippen LogP) is 3.91. The van der Waals surface area contributed by atoms with Gasteiger partial charge in [0.05, 0.1) is 22.3 Å². The summed E-state index contributed by atoms with van der Waals surface area (Å²) in [5, 5.41) is 9.40. The van der Waals surface area contributed by atoms with Crippen molar-refractivity contribution in [1.82, 2.24) is 10.6 Å². The van der Waals surface area contributed by atoms with Gasteiger partial charge in [0.2, 0.25) is 0 Å². The molecule has 0 spiro atoms. The van der Waals surface area contributed by atoms with Crippen LogP contribution in [-0.2, 0) is 4.79 Å². The molecule has 1 atom stereocenters. The second kappa shape index (κ2) is 7.21. The zero-order chi connectivity index (χ0) is 18.0. The first-order valence-corrected chi connectivity index (χ1v) is 8.34. The maximum absolute atomic E-state index is 14.3. The highest BCUT2D eigenvalue weighted by atomic mass is 35.5. The van der Waals surface area contributed by atoms with Crippen molar-refractivity contribution in [2.24, 2.45) is 0 Å². The summed E-state index contributed by atoms with van der Waals surface area (Å²) < 4.78 is 14.3. The molecule has 1 aliphatic heterocycles. The summed E-state index contributed by atoms with van der Waals surface area (Å²) in [6.45, 7) is 1.72. The first-order valence-electron chi connectivity index (χ1n) is 7.56. The number of amides is 1. The number of para-hydroxylation sites is 1. The van der Waals surface area contributed by atoms with Crippen LogP contribution in [0.15, 0.2) is 59.8 Å². The number of carbonyl (C=O) groups excluding carboxylic acids is 1. The van der Waals surface area contributed by atoms with Gasteiger partial charge in [0.25, 0.3) is 5.91 Å². The molecule has 0 saturated heterocycles. The molecule has 4 nitrogen and oxygen atoms in total. The smallest absolute Gasteiger partial charge is 0.255 e. The van der Waals surface area contributed by atoms with Crippen molar-refractivity contribution in [3.8, 4) is 0 Å². The number of carbonyl (C=O) groups is 1. The molecular formula is C18H15ClFN3OS. The SMILES string of the molecule is CC1=C(C(=O)Nc2ccccc2Cl)[C@H](c2ccccc2F)NC(=S)N1. The first-order chi connectivity index (χ1) is 12.0. The second-order valence-corrected chi connectivity index (χ2v) is 6.34. The van der Waals surface area contributed by atoms with E-state index < -0.39 is 11.9 Å². The Morgan fingerprint density at radius 1 is 1.20 bits per heavy atom. The Labute approximate surface area is 155 Å². The molecule has 0 aliphatic carbocycles. The summed E-state index contributed by atoms with van der Waals surface area (Å²) in [6, 6.07) is 12.5. The fraction of sp³-hybridized carbons (Fsp3) is 0.111. The van der Waals surface area contributed by atoms with Gasteiger partial charge in [-0.25, -0.2) is 4.39 Å². The molecule has 0 fully saturated rings. The van der Waals surface area contributed by atoms with Crippen LogP contribution >= 0.6 is 23.8 Å². The highest BCUT2D eigenvalue weighted by molar-refractivity contribution is 7.80. The molecule has 2 aromatic rings. The molecule has 2 aromatic carbocycles. The normalized spacial score (nSPS) is 16.9. The van der Waals surface area contributed by atoms with Crippen molar-refractivity contribution in [1.29, 1.82) is 0 Å². The summed E-state index contributed by atoms with van der Waals surface area (Å²) in [4.78, 5) is 12.9. The average Bonchev–Trinajstić information content (AvgIpc) is 2.56. The Morgan fingerprint density at radius 2 is 1.88 bits per heavy atom. The van der Waals surface area contributed by atoms with Gasteiger partial charge in [0.1, 0.15) is 5.82 Å². The molecule has 7 heteroatoms. The van der Waals surface area contributed by atoms with Gasteiger partial charge < -0.3 is 16.0 Å². The zero-order valence-corrected chi connectivity index (χ0v) is 14.8. The Hall–Kier alpha value is -2.44. The molecule has 1 aliphatic rings. The molecule has 0 aromatic heterocycles. The van der Waals surface area contributed by atoms with E-state index in [-0.39, 0.29) is 5.91 Å². The average molecular weight is 376 g/mol. The summed E-state index contributed by atoms with van der Waals surface area (Å²) in [5.74, 6) is -0.804. The van der Waals surface area contributed by atoms with Gasteiger partial charge in [-0.15, -0.1) is 0 Å². The Kier molecular flexibility index (Phi) is 5.01. The standard InChI is InChI=1S/C18H15ClFN3OS/c1-10-15(17(24)22-14-9-5-3-7-12(14)19)16(23-18(25)21-10)11-6-2-4-8-13(11)20/h2-9,16H,1H3,(H,22,24)(H2,21,23,25)/t16-/m0/s1. The number of benzene rings is 2. The summed E-state index contributed by atoms with van der Waals surface area (Å²) in [6.07, 6.45) is 0. The summed E-state index contributed by atoms with van der Waals surface area (Å²) in [7, 11) is 0. The number of hydrogen-bond donors (Lipinski definition) is 3. The molecule has 128 valence electrons. The van der Waals surface area contributed by atoms with E-state index in [2.05, 4.69) is 16.0 Å². The predicted molar refractivity (Wildman–Crippen MR) is 101 cm³/mol. The zero-order valence-electron chi connectivity index (χ0n) is 13.3. The van der Waals surface area contributed by atoms with Crippen molar-refractivity contribution in [3.63, 3.8) is 0 Å². The molecule has 1 amide bonds. The quantitative estimate of drug-likeness (QED) is 0.712. The van der Waals surface area contributed by atoms with E-state index in [4.69, 9.17) is 23.8 Å². The van der Waals surface area contributed by atoms with Crippen molar-refractivity contribution in [2.75, 3.05) is 5.32 Å². The van der Waals surface area contributed by atoms with Gasteiger partial charge in [-0.2, -0.15) is 0 Å². The molecule has 3 N–H and O–H groups in total.